The normalized spacial score (nSPS) is 20.1. The van der Waals surface area contributed by atoms with E-state index in [4.69, 9.17) is 0 Å². The fourth-order valence-corrected chi connectivity index (χ4v) is 6.34. The molecule has 2 heterocycles. The molecule has 4 nitrogen and oxygen atoms in total. The minimum atomic E-state index is 0. The van der Waals surface area contributed by atoms with Gasteiger partial charge in [0.25, 0.3) is 0 Å². The molecular weight excluding hydrogens is 750 g/mol. The molecule has 8 heteroatoms. The van der Waals surface area contributed by atoms with Crippen LogP contribution in [0.5, 0.6) is 0 Å². The maximum absolute atomic E-state index is 12.5. The monoisotopic (exact) mass is 796 g/mol. The SMILES string of the molecule is Cc1cccc(C)c1CC(=O)C1CCC[N+]1(C)C.Cc1cccc(C)c1CC(=O)C1CCC[N+]1(C)C.[Cl-].[Cl][Ag].[I-]. The van der Waals surface area contributed by atoms with Crippen LogP contribution in [0.3, 0.4) is 0 Å². The van der Waals surface area contributed by atoms with E-state index in [0.29, 0.717) is 24.4 Å². The number of Topliss-reactive ketones (excluding diaryl/α,β-unsaturated/α-hetero) is 2. The molecule has 2 unspecified atom stereocenters. The van der Waals surface area contributed by atoms with Crippen molar-refractivity contribution in [1.82, 2.24) is 0 Å². The average Bonchev–Trinajstić information content (AvgIpc) is 3.40. The maximum Gasteiger partial charge on any atom is -1.00 e. The number of rotatable bonds is 6. The third kappa shape index (κ3) is 10.5. The number of benzene rings is 2. The Balaban J connectivity index is 0.000000684. The van der Waals surface area contributed by atoms with Gasteiger partial charge >= 0.3 is 29.2 Å². The molecule has 230 valence electrons. The van der Waals surface area contributed by atoms with Crippen LogP contribution < -0.4 is 36.4 Å². The number of likely N-dealkylation sites (tertiary alicyclic amines) is 2. The Morgan fingerprint density at radius 3 is 1.20 bits per heavy atom. The van der Waals surface area contributed by atoms with E-state index in [0.717, 1.165) is 34.9 Å². The second-order valence-corrected chi connectivity index (χ2v) is 12.3. The van der Waals surface area contributed by atoms with Gasteiger partial charge in [-0.2, -0.15) is 0 Å². The Hall–Kier alpha value is -0.250. The Morgan fingerprint density at radius 1 is 0.700 bits per heavy atom. The number of hydrogen-bond donors (Lipinski definition) is 0. The van der Waals surface area contributed by atoms with Gasteiger partial charge in [-0.25, -0.2) is 0 Å². The first-order chi connectivity index (χ1) is 17.8. The molecule has 2 atom stereocenters. The van der Waals surface area contributed by atoms with Crippen molar-refractivity contribution in [3.05, 3.63) is 69.8 Å². The fraction of sp³-hybridized carbons (Fsp3) is 0.562. The number of ketones is 2. The minimum Gasteiger partial charge on any atom is -1.00 e. The van der Waals surface area contributed by atoms with Crippen LogP contribution in [0.1, 0.15) is 59.1 Å². The van der Waals surface area contributed by atoms with Gasteiger partial charge in [-0.05, 0) is 61.1 Å². The fourth-order valence-electron chi connectivity index (χ4n) is 6.34. The number of halogens is 3. The summed E-state index contributed by atoms with van der Waals surface area (Å²) >= 11 is 2.42. The zero-order chi connectivity index (χ0) is 28.7. The predicted octanol–water partition coefficient (Wildman–Crippen LogP) is 0.00268. The Bertz CT molecular complexity index is 996. The molecule has 2 fully saturated rings. The van der Waals surface area contributed by atoms with Gasteiger partial charge in [-0.15, -0.1) is 0 Å². The molecule has 0 spiro atoms. The van der Waals surface area contributed by atoms with Crippen molar-refractivity contribution >= 4 is 20.8 Å². The summed E-state index contributed by atoms with van der Waals surface area (Å²) in [4.78, 5) is 25.0. The second kappa shape index (κ2) is 17.8. The van der Waals surface area contributed by atoms with E-state index in [-0.39, 0.29) is 48.5 Å². The van der Waals surface area contributed by atoms with Crippen molar-refractivity contribution in [2.75, 3.05) is 41.3 Å². The molecule has 40 heavy (non-hydrogen) atoms. The molecule has 0 N–H and O–H groups in total. The third-order valence-electron chi connectivity index (χ3n) is 8.85. The smallest absolute Gasteiger partial charge is 1.00 e. The van der Waals surface area contributed by atoms with Gasteiger partial charge in [0.15, 0.2) is 11.6 Å². The van der Waals surface area contributed by atoms with Crippen molar-refractivity contribution in [2.24, 2.45) is 0 Å². The van der Waals surface area contributed by atoms with E-state index in [1.807, 2.05) is 0 Å². The summed E-state index contributed by atoms with van der Waals surface area (Å²) in [5.41, 5.74) is 7.43. The molecule has 2 aliphatic rings. The van der Waals surface area contributed by atoms with Crippen LogP contribution >= 0.6 is 9.19 Å². The number of likely N-dealkylation sites (N-methyl/N-ethyl adjacent to an activating group) is 2. The molecule has 0 saturated carbocycles. The summed E-state index contributed by atoms with van der Waals surface area (Å²) < 4.78 is 1.73. The number of carbonyl (C=O) groups is 2. The molecule has 4 rings (SSSR count). The number of nitrogens with zero attached hydrogens (tertiary/aromatic N) is 2. The standard InChI is InChI=1S/2C16H24NO.Ag.2ClH.HI/c2*1-12-7-5-8-13(2)14(12)11-16(18)15-9-6-10-17(15,3)4;;;;/h2*5,7-8,15H,6,9-11H2,1-4H3;;3*1H/q3*+1;;;/p-3. The van der Waals surface area contributed by atoms with Gasteiger partial charge in [0.2, 0.25) is 0 Å². The van der Waals surface area contributed by atoms with E-state index in [1.165, 1.54) is 46.2 Å². The first kappa shape index (κ1) is 39.8. The van der Waals surface area contributed by atoms with Crippen LogP contribution in [-0.2, 0) is 42.4 Å². The van der Waals surface area contributed by atoms with E-state index < -0.39 is 0 Å². The van der Waals surface area contributed by atoms with Gasteiger partial charge in [0.05, 0.1) is 41.3 Å². The Morgan fingerprint density at radius 2 is 0.975 bits per heavy atom. The van der Waals surface area contributed by atoms with Gasteiger partial charge in [-0.1, -0.05) is 36.4 Å². The van der Waals surface area contributed by atoms with E-state index >= 15 is 0 Å². The topological polar surface area (TPSA) is 34.1 Å². The summed E-state index contributed by atoms with van der Waals surface area (Å²) in [5, 5.41) is 0. The van der Waals surface area contributed by atoms with Crippen molar-refractivity contribution in [3.8, 4) is 0 Å². The van der Waals surface area contributed by atoms with Gasteiger partial charge in [-0.3, -0.25) is 9.59 Å². The number of aryl methyl sites for hydroxylation is 4. The molecule has 0 radical (unpaired) electrons. The van der Waals surface area contributed by atoms with E-state index in [9.17, 15) is 9.59 Å². The molecule has 0 aromatic heterocycles. The van der Waals surface area contributed by atoms with Crippen LogP contribution in [0.15, 0.2) is 36.4 Å². The summed E-state index contributed by atoms with van der Waals surface area (Å²) in [6.07, 6.45) is 5.66. The van der Waals surface area contributed by atoms with Crippen molar-refractivity contribution in [3.63, 3.8) is 0 Å². The molecule has 2 aromatic rings. The van der Waals surface area contributed by atoms with Crippen molar-refractivity contribution < 1.29 is 74.9 Å². The number of quaternary nitrogens is 2. The largest absolute Gasteiger partial charge is 1.00 e. The molecule has 0 amide bonds. The molecule has 0 aliphatic carbocycles. The maximum atomic E-state index is 12.5. The number of carbonyl (C=O) groups excluding carboxylic acids is 2. The van der Waals surface area contributed by atoms with Gasteiger partial charge in [0.1, 0.15) is 12.1 Å². The minimum absolute atomic E-state index is 0. The van der Waals surface area contributed by atoms with Crippen LogP contribution in [0, 0.1) is 27.7 Å². The van der Waals surface area contributed by atoms with Crippen LogP contribution in [0.4, 0.5) is 0 Å². The Kier molecular flexibility index (Phi) is 17.7. The van der Waals surface area contributed by atoms with Crippen LogP contribution in [-0.4, -0.2) is 73.9 Å². The quantitative estimate of drug-likeness (QED) is 0.235. The molecular formula is C32H48AgCl2IN2O2. The predicted molar refractivity (Wildman–Crippen MR) is 155 cm³/mol. The zero-order valence-electron chi connectivity index (χ0n) is 25.4. The third-order valence-corrected chi connectivity index (χ3v) is 8.85. The summed E-state index contributed by atoms with van der Waals surface area (Å²) in [7, 11) is 13.2. The van der Waals surface area contributed by atoms with Crippen LogP contribution in [0.25, 0.3) is 0 Å². The molecule has 2 saturated heterocycles. The average molecular weight is 798 g/mol. The van der Waals surface area contributed by atoms with E-state index in [2.05, 4.69) is 121 Å². The molecule has 2 aromatic carbocycles. The summed E-state index contributed by atoms with van der Waals surface area (Å²) in [6.45, 7) is 10.7. The number of hydrogen-bond acceptors (Lipinski definition) is 2. The first-order valence-corrected chi connectivity index (χ1v) is 15.7. The van der Waals surface area contributed by atoms with Gasteiger partial charge in [0, 0.05) is 38.5 Å². The second-order valence-electron chi connectivity index (χ2n) is 12.3. The zero-order valence-corrected chi connectivity index (χ0v) is 30.6. The van der Waals surface area contributed by atoms with Gasteiger partial charge < -0.3 is 45.3 Å². The first-order valence-electron chi connectivity index (χ1n) is 13.8. The summed E-state index contributed by atoms with van der Waals surface area (Å²) in [5.74, 6) is 0.824. The molecule has 2 aliphatic heterocycles. The van der Waals surface area contributed by atoms with Crippen LogP contribution in [0.2, 0.25) is 0 Å². The summed E-state index contributed by atoms with van der Waals surface area (Å²) in [6, 6.07) is 12.9. The van der Waals surface area contributed by atoms with E-state index in [1.54, 1.807) is 0 Å². The Labute approximate surface area is 283 Å². The van der Waals surface area contributed by atoms with Crippen molar-refractivity contribution in [2.45, 2.75) is 78.3 Å². The van der Waals surface area contributed by atoms with Crippen molar-refractivity contribution in [1.29, 1.82) is 0 Å². The molecule has 0 bridgehead atoms.